The summed E-state index contributed by atoms with van der Waals surface area (Å²) < 4.78 is 5.06. The molecule has 0 atom stereocenters. The van der Waals surface area contributed by atoms with Crippen LogP contribution in [-0.4, -0.2) is 31.1 Å². The largest absolute Gasteiger partial charge is 0.372 e. The molecule has 3 heteroatoms. The van der Waals surface area contributed by atoms with Gasteiger partial charge in [0.05, 0.1) is 0 Å². The Morgan fingerprint density at radius 1 is 1.33 bits per heavy atom. The number of nitrogens with zero attached hydrogens (tertiary/aromatic N) is 1. The molecule has 0 heterocycles. The average Bonchev–Trinajstić information content (AvgIpc) is 2.27. The quantitative estimate of drug-likeness (QED) is 0.735. The minimum Gasteiger partial charge on any atom is -0.372 e. The monoisotopic (exact) mass is 207 g/mol. The maximum atomic E-state index is 11.5. The van der Waals surface area contributed by atoms with Gasteiger partial charge >= 0.3 is 0 Å². The van der Waals surface area contributed by atoms with Crippen molar-refractivity contribution in [3.05, 3.63) is 35.9 Å². The zero-order valence-corrected chi connectivity index (χ0v) is 9.27. The lowest BCUT2D eigenvalue weighted by molar-refractivity contribution is -0.135. The number of amides is 1. The number of hydrogen-bond acceptors (Lipinski definition) is 2. The molecule has 1 amide bonds. The summed E-state index contributed by atoms with van der Waals surface area (Å²) in [6, 6.07) is 9.91. The predicted molar refractivity (Wildman–Crippen MR) is 59.4 cm³/mol. The van der Waals surface area contributed by atoms with E-state index in [-0.39, 0.29) is 12.5 Å². The molecule has 1 aromatic rings. The van der Waals surface area contributed by atoms with Crippen molar-refractivity contribution in [1.29, 1.82) is 0 Å². The lowest BCUT2D eigenvalue weighted by atomic mass is 10.2. The molecule has 1 rings (SSSR count). The second-order valence-corrected chi connectivity index (χ2v) is 3.37. The molecule has 0 aliphatic heterocycles. The first kappa shape index (κ1) is 11.7. The van der Waals surface area contributed by atoms with Gasteiger partial charge in [-0.1, -0.05) is 30.3 Å². The molecular formula is C12H17NO2. The molecule has 0 aliphatic carbocycles. The van der Waals surface area contributed by atoms with Gasteiger partial charge in [-0.2, -0.15) is 0 Å². The van der Waals surface area contributed by atoms with Crippen LogP contribution >= 0.6 is 0 Å². The Hall–Kier alpha value is -1.35. The smallest absolute Gasteiger partial charge is 0.248 e. The third kappa shape index (κ3) is 4.13. The summed E-state index contributed by atoms with van der Waals surface area (Å²) in [5.74, 6) is 0.0145. The van der Waals surface area contributed by atoms with Gasteiger partial charge in [-0.25, -0.2) is 0 Å². The van der Waals surface area contributed by atoms with Crippen LogP contribution in [0.15, 0.2) is 30.3 Å². The number of rotatable bonds is 5. The molecule has 0 unspecified atom stereocenters. The van der Waals surface area contributed by atoms with Gasteiger partial charge in [0.25, 0.3) is 0 Å². The van der Waals surface area contributed by atoms with Crippen molar-refractivity contribution in [2.24, 2.45) is 0 Å². The summed E-state index contributed by atoms with van der Waals surface area (Å²) in [6.07, 6.45) is 0. The lowest BCUT2D eigenvalue weighted by Crippen LogP contribution is -2.29. The van der Waals surface area contributed by atoms with Crippen molar-refractivity contribution in [1.82, 2.24) is 4.90 Å². The molecule has 0 spiro atoms. The third-order valence-electron chi connectivity index (χ3n) is 2.12. The minimum absolute atomic E-state index is 0.0145. The zero-order chi connectivity index (χ0) is 11.1. The molecule has 82 valence electrons. The first-order valence-electron chi connectivity index (χ1n) is 5.09. The number of ether oxygens (including phenoxy) is 1. The standard InChI is InChI=1S/C12H17NO2/c1-3-15-10-12(14)13(2)9-11-7-5-4-6-8-11/h4-8H,3,9-10H2,1-2H3. The second-order valence-electron chi connectivity index (χ2n) is 3.37. The van der Waals surface area contributed by atoms with Gasteiger partial charge in [-0.15, -0.1) is 0 Å². The van der Waals surface area contributed by atoms with Gasteiger partial charge in [0.15, 0.2) is 0 Å². The molecular weight excluding hydrogens is 190 g/mol. The van der Waals surface area contributed by atoms with Crippen molar-refractivity contribution in [3.8, 4) is 0 Å². The molecule has 0 saturated heterocycles. The number of likely N-dealkylation sites (N-methyl/N-ethyl adjacent to an activating group) is 1. The fraction of sp³-hybridized carbons (Fsp3) is 0.417. The van der Waals surface area contributed by atoms with Gasteiger partial charge in [0.1, 0.15) is 6.61 Å². The van der Waals surface area contributed by atoms with E-state index in [1.54, 1.807) is 11.9 Å². The summed E-state index contributed by atoms with van der Waals surface area (Å²) in [7, 11) is 1.79. The predicted octanol–water partition coefficient (Wildman–Crippen LogP) is 1.68. The number of carbonyl (C=O) groups is 1. The summed E-state index contributed by atoms with van der Waals surface area (Å²) in [5, 5.41) is 0. The molecule has 1 aromatic carbocycles. The average molecular weight is 207 g/mol. The van der Waals surface area contributed by atoms with Crippen molar-refractivity contribution < 1.29 is 9.53 Å². The van der Waals surface area contributed by atoms with E-state index in [1.165, 1.54) is 0 Å². The van der Waals surface area contributed by atoms with Crippen LogP contribution in [0.2, 0.25) is 0 Å². The molecule has 0 N–H and O–H groups in total. The fourth-order valence-electron chi connectivity index (χ4n) is 1.25. The van der Waals surface area contributed by atoms with Gasteiger partial charge < -0.3 is 9.64 Å². The van der Waals surface area contributed by atoms with Crippen LogP contribution in [0.25, 0.3) is 0 Å². The number of hydrogen-bond donors (Lipinski definition) is 0. The van der Waals surface area contributed by atoms with E-state index in [2.05, 4.69) is 0 Å². The van der Waals surface area contributed by atoms with Crippen molar-refractivity contribution in [2.75, 3.05) is 20.3 Å². The molecule has 0 fully saturated rings. The Kier molecular flexibility index (Phi) is 4.84. The molecule has 0 bridgehead atoms. The summed E-state index contributed by atoms with van der Waals surface area (Å²) in [5.41, 5.74) is 1.13. The van der Waals surface area contributed by atoms with E-state index in [4.69, 9.17) is 4.74 Å². The Morgan fingerprint density at radius 2 is 2.00 bits per heavy atom. The van der Waals surface area contributed by atoms with E-state index in [0.29, 0.717) is 13.2 Å². The van der Waals surface area contributed by atoms with Crippen LogP contribution in [-0.2, 0) is 16.1 Å². The van der Waals surface area contributed by atoms with E-state index >= 15 is 0 Å². The second kappa shape index (κ2) is 6.19. The van der Waals surface area contributed by atoms with Gasteiger partial charge in [-0.3, -0.25) is 4.79 Å². The van der Waals surface area contributed by atoms with E-state index in [1.807, 2.05) is 37.3 Å². The highest BCUT2D eigenvalue weighted by Gasteiger charge is 2.08. The highest BCUT2D eigenvalue weighted by Crippen LogP contribution is 2.02. The summed E-state index contributed by atoms with van der Waals surface area (Å²) in [4.78, 5) is 13.2. The molecule has 0 aromatic heterocycles. The Balaban J connectivity index is 2.41. The zero-order valence-electron chi connectivity index (χ0n) is 9.27. The van der Waals surface area contributed by atoms with Crippen molar-refractivity contribution in [2.45, 2.75) is 13.5 Å². The van der Waals surface area contributed by atoms with Crippen molar-refractivity contribution in [3.63, 3.8) is 0 Å². The number of benzene rings is 1. The van der Waals surface area contributed by atoms with Gasteiger partial charge in [-0.05, 0) is 12.5 Å². The van der Waals surface area contributed by atoms with E-state index in [9.17, 15) is 4.79 Å². The van der Waals surface area contributed by atoms with E-state index < -0.39 is 0 Å². The SMILES string of the molecule is CCOCC(=O)N(C)Cc1ccccc1. The maximum Gasteiger partial charge on any atom is 0.248 e. The first-order valence-corrected chi connectivity index (χ1v) is 5.09. The summed E-state index contributed by atoms with van der Waals surface area (Å²) in [6.45, 7) is 3.25. The Bertz CT molecular complexity index is 298. The molecule has 0 saturated carbocycles. The van der Waals surface area contributed by atoms with Crippen LogP contribution in [0.5, 0.6) is 0 Å². The summed E-state index contributed by atoms with van der Waals surface area (Å²) >= 11 is 0. The van der Waals surface area contributed by atoms with E-state index in [0.717, 1.165) is 5.56 Å². The van der Waals surface area contributed by atoms with Gasteiger partial charge in [0.2, 0.25) is 5.91 Å². The van der Waals surface area contributed by atoms with Crippen LogP contribution < -0.4 is 0 Å². The van der Waals surface area contributed by atoms with Crippen LogP contribution in [0.1, 0.15) is 12.5 Å². The highest BCUT2D eigenvalue weighted by molar-refractivity contribution is 5.77. The van der Waals surface area contributed by atoms with Crippen LogP contribution in [0.4, 0.5) is 0 Å². The normalized spacial score (nSPS) is 10.0. The third-order valence-corrected chi connectivity index (χ3v) is 2.12. The number of carbonyl (C=O) groups excluding carboxylic acids is 1. The maximum absolute atomic E-state index is 11.5. The molecule has 0 aliphatic rings. The Labute approximate surface area is 90.7 Å². The van der Waals surface area contributed by atoms with Crippen molar-refractivity contribution >= 4 is 5.91 Å². The minimum atomic E-state index is 0.0145. The Morgan fingerprint density at radius 3 is 2.60 bits per heavy atom. The fourth-order valence-corrected chi connectivity index (χ4v) is 1.25. The lowest BCUT2D eigenvalue weighted by Gasteiger charge is -2.16. The first-order chi connectivity index (χ1) is 7.24. The molecule has 3 nitrogen and oxygen atoms in total. The highest BCUT2D eigenvalue weighted by atomic mass is 16.5. The van der Waals surface area contributed by atoms with Crippen LogP contribution in [0, 0.1) is 0 Å². The van der Waals surface area contributed by atoms with Gasteiger partial charge in [0, 0.05) is 20.2 Å². The molecule has 0 radical (unpaired) electrons. The topological polar surface area (TPSA) is 29.5 Å². The molecule has 15 heavy (non-hydrogen) atoms. The van der Waals surface area contributed by atoms with Crippen LogP contribution in [0.3, 0.4) is 0 Å².